The van der Waals surface area contributed by atoms with E-state index in [1.54, 1.807) is 7.11 Å². The van der Waals surface area contributed by atoms with Crippen molar-refractivity contribution in [2.75, 3.05) is 39.2 Å². The van der Waals surface area contributed by atoms with Crippen molar-refractivity contribution in [1.82, 2.24) is 21.5 Å². The fraction of sp³-hybridized carbons (Fsp3) is 0.864. The van der Waals surface area contributed by atoms with Gasteiger partial charge in [0.1, 0.15) is 12.1 Å². The topological polar surface area (TPSA) is 78.9 Å². The van der Waals surface area contributed by atoms with Crippen molar-refractivity contribution in [3.8, 4) is 0 Å². The normalized spacial score (nSPS) is 20.7. The van der Waals surface area contributed by atoms with E-state index >= 15 is 0 Å². The van der Waals surface area contributed by atoms with E-state index in [0.717, 1.165) is 44.1 Å². The second-order valence-corrected chi connectivity index (χ2v) is 10.4. The molecule has 1 aliphatic rings. The number of ether oxygens (including phenoxy) is 2. The van der Waals surface area contributed by atoms with E-state index in [0.29, 0.717) is 11.9 Å². The molecule has 0 spiro atoms. The van der Waals surface area contributed by atoms with Gasteiger partial charge in [0.05, 0.1) is 12.6 Å². The predicted octanol–water partition coefficient (Wildman–Crippen LogP) is 3.04. The van der Waals surface area contributed by atoms with Gasteiger partial charge in [-0.05, 0) is 59.6 Å². The van der Waals surface area contributed by atoms with Crippen LogP contribution in [-0.2, 0) is 9.47 Å². The summed E-state index contributed by atoms with van der Waals surface area (Å²) >= 11 is 1.92. The van der Waals surface area contributed by atoms with Gasteiger partial charge in [0.15, 0.2) is 0 Å². The molecule has 1 heterocycles. The van der Waals surface area contributed by atoms with Gasteiger partial charge in [0.2, 0.25) is 0 Å². The molecule has 1 aliphatic heterocycles. The van der Waals surface area contributed by atoms with Crippen LogP contribution < -0.4 is 21.5 Å². The maximum absolute atomic E-state index is 5.70. The Morgan fingerprint density at radius 1 is 1.30 bits per heavy atom. The Balaban J connectivity index is 2.82. The number of aliphatic imine (C=N–C) groups is 1. The summed E-state index contributed by atoms with van der Waals surface area (Å²) in [5, 5.41) is 7.45. The molecule has 176 valence electrons. The smallest absolute Gasteiger partial charge is 0.123 e. The summed E-state index contributed by atoms with van der Waals surface area (Å²) in [6.07, 6.45) is 5.67. The zero-order valence-electron chi connectivity index (χ0n) is 20.1. The molecule has 0 radical (unpaired) electrons. The molecule has 0 amide bonds. The molecule has 0 aromatic carbocycles. The second-order valence-electron chi connectivity index (χ2n) is 8.74. The number of nitrogens with zero attached hydrogens (tertiary/aromatic N) is 1. The van der Waals surface area contributed by atoms with Crippen LogP contribution in [0.25, 0.3) is 0 Å². The van der Waals surface area contributed by atoms with Crippen LogP contribution in [-0.4, -0.2) is 68.1 Å². The van der Waals surface area contributed by atoms with E-state index < -0.39 is 0 Å². The summed E-state index contributed by atoms with van der Waals surface area (Å²) in [6.45, 7) is 16.0. The molecule has 1 saturated heterocycles. The number of hydrogen-bond acceptors (Lipinski definition) is 7. The number of thioether (sulfide) groups is 1. The number of hydrazine groups is 1. The van der Waals surface area contributed by atoms with Gasteiger partial charge < -0.3 is 20.1 Å². The number of nitrogens with one attached hydrogen (secondary N) is 4. The van der Waals surface area contributed by atoms with Crippen molar-refractivity contribution in [2.45, 2.75) is 83.9 Å². The first-order valence-electron chi connectivity index (χ1n) is 11.3. The number of amidine groups is 1. The third-order valence-corrected chi connectivity index (χ3v) is 5.57. The Bertz CT molecular complexity index is 516. The molecule has 8 heteroatoms. The average molecular weight is 444 g/mol. The van der Waals surface area contributed by atoms with Gasteiger partial charge in [0.25, 0.3) is 0 Å². The van der Waals surface area contributed by atoms with Crippen LogP contribution in [0.15, 0.2) is 16.8 Å². The van der Waals surface area contributed by atoms with E-state index in [1.807, 2.05) is 11.8 Å². The highest BCUT2D eigenvalue weighted by Crippen LogP contribution is 2.17. The Hall–Kier alpha value is -0.800. The molecule has 4 N–H and O–H groups in total. The minimum atomic E-state index is -0.0740. The van der Waals surface area contributed by atoms with E-state index in [-0.39, 0.29) is 17.8 Å². The lowest BCUT2D eigenvalue weighted by molar-refractivity contribution is -0.0143. The zero-order valence-corrected chi connectivity index (χ0v) is 21.0. The first-order chi connectivity index (χ1) is 14.2. The molecule has 3 atom stereocenters. The predicted molar refractivity (Wildman–Crippen MR) is 130 cm³/mol. The molecule has 0 aromatic heterocycles. The van der Waals surface area contributed by atoms with Crippen LogP contribution in [0.3, 0.4) is 0 Å². The minimum Gasteiger partial charge on any atom is -0.385 e. The molecule has 3 unspecified atom stereocenters. The van der Waals surface area contributed by atoms with Gasteiger partial charge in [0, 0.05) is 49.4 Å². The van der Waals surface area contributed by atoms with E-state index in [2.05, 4.69) is 69.1 Å². The Kier molecular flexibility index (Phi) is 13.7. The molecule has 0 bridgehead atoms. The first kappa shape index (κ1) is 27.2. The Labute approximate surface area is 188 Å². The van der Waals surface area contributed by atoms with Gasteiger partial charge in [-0.3, -0.25) is 10.4 Å². The van der Waals surface area contributed by atoms with Gasteiger partial charge >= 0.3 is 0 Å². The molecule has 7 nitrogen and oxygen atoms in total. The lowest BCUT2D eigenvalue weighted by Crippen LogP contribution is -2.46. The second kappa shape index (κ2) is 15.1. The minimum absolute atomic E-state index is 0.0740. The molecular formula is C22H45N5O2S. The van der Waals surface area contributed by atoms with Crippen molar-refractivity contribution in [3.63, 3.8) is 0 Å². The molecular weight excluding hydrogens is 398 g/mol. The number of methoxy groups -OCH3 is 1. The molecule has 0 saturated carbocycles. The lowest BCUT2D eigenvalue weighted by atomic mass is 10.1. The van der Waals surface area contributed by atoms with E-state index in [9.17, 15) is 0 Å². The number of hydrogen-bond donors (Lipinski definition) is 4. The quantitative estimate of drug-likeness (QED) is 0.151. The number of rotatable bonds is 13. The van der Waals surface area contributed by atoms with Gasteiger partial charge in [-0.15, -0.1) is 0 Å². The van der Waals surface area contributed by atoms with Gasteiger partial charge in [-0.25, -0.2) is 5.43 Å². The molecule has 30 heavy (non-hydrogen) atoms. The third kappa shape index (κ3) is 12.8. The van der Waals surface area contributed by atoms with Crippen LogP contribution in [0, 0.1) is 0 Å². The summed E-state index contributed by atoms with van der Waals surface area (Å²) in [6, 6.07) is 0.108. The standard InChI is InChI=1S/C22H45N5O2S/c1-8-30-18(3)19(23-12-14-28-7)15-20(26-22(4,5)6)25-17(2)16-24-27-21-11-9-10-13-29-21/h15,17-18,21,23-24,27H,8-14,16H2,1-7H3,(H,25,26)/b19-15+. The molecule has 0 aliphatic carbocycles. The zero-order chi connectivity index (χ0) is 22.4. The van der Waals surface area contributed by atoms with E-state index in [4.69, 9.17) is 14.5 Å². The summed E-state index contributed by atoms with van der Waals surface area (Å²) < 4.78 is 10.9. The van der Waals surface area contributed by atoms with Crippen LogP contribution in [0.1, 0.15) is 60.8 Å². The summed E-state index contributed by atoms with van der Waals surface area (Å²) in [5.74, 6) is 1.97. The Morgan fingerprint density at radius 3 is 2.67 bits per heavy atom. The van der Waals surface area contributed by atoms with Gasteiger partial charge in [-0.2, -0.15) is 11.8 Å². The maximum atomic E-state index is 5.70. The van der Waals surface area contributed by atoms with Crippen molar-refractivity contribution in [1.29, 1.82) is 0 Å². The summed E-state index contributed by atoms with van der Waals surface area (Å²) in [4.78, 5) is 4.96. The van der Waals surface area contributed by atoms with Crippen LogP contribution >= 0.6 is 11.8 Å². The van der Waals surface area contributed by atoms with Crippen LogP contribution in [0.5, 0.6) is 0 Å². The SMILES string of the molecule is CCSC(C)/C(=C\C(=NC(C)CNNC1CCCCO1)NC(C)(C)C)NCCOC. The monoisotopic (exact) mass is 443 g/mol. The van der Waals surface area contributed by atoms with Crippen molar-refractivity contribution < 1.29 is 9.47 Å². The third-order valence-electron chi connectivity index (χ3n) is 4.48. The highest BCUT2D eigenvalue weighted by atomic mass is 32.2. The highest BCUT2D eigenvalue weighted by Gasteiger charge is 2.16. The van der Waals surface area contributed by atoms with Crippen molar-refractivity contribution in [3.05, 3.63) is 11.8 Å². The lowest BCUT2D eigenvalue weighted by Gasteiger charge is -2.26. The summed E-state index contributed by atoms with van der Waals surface area (Å²) in [5.41, 5.74) is 7.67. The van der Waals surface area contributed by atoms with Crippen molar-refractivity contribution >= 4 is 17.6 Å². The molecule has 1 rings (SSSR count). The molecule has 1 fully saturated rings. The largest absolute Gasteiger partial charge is 0.385 e. The molecule has 0 aromatic rings. The fourth-order valence-electron chi connectivity index (χ4n) is 3.04. The van der Waals surface area contributed by atoms with Crippen LogP contribution in [0.4, 0.5) is 0 Å². The van der Waals surface area contributed by atoms with E-state index in [1.165, 1.54) is 12.1 Å². The first-order valence-corrected chi connectivity index (χ1v) is 12.3. The van der Waals surface area contributed by atoms with Crippen LogP contribution in [0.2, 0.25) is 0 Å². The average Bonchev–Trinajstić information content (AvgIpc) is 2.67. The maximum Gasteiger partial charge on any atom is 0.123 e. The summed E-state index contributed by atoms with van der Waals surface area (Å²) in [7, 11) is 1.73. The highest BCUT2D eigenvalue weighted by molar-refractivity contribution is 8.00. The van der Waals surface area contributed by atoms with Gasteiger partial charge in [-0.1, -0.05) is 6.92 Å². The Morgan fingerprint density at radius 2 is 2.07 bits per heavy atom. The van der Waals surface area contributed by atoms with Crippen molar-refractivity contribution in [2.24, 2.45) is 4.99 Å². The fourth-order valence-corrected chi connectivity index (χ4v) is 3.88.